The van der Waals surface area contributed by atoms with Crippen LogP contribution in [0.15, 0.2) is 30.3 Å². The topological polar surface area (TPSA) is 12.0 Å². The van der Waals surface area contributed by atoms with Gasteiger partial charge in [-0.15, -0.1) is 0 Å². The van der Waals surface area contributed by atoms with E-state index < -0.39 is 5.67 Å². The van der Waals surface area contributed by atoms with Gasteiger partial charge in [0.2, 0.25) is 0 Å². The first-order valence-electron chi connectivity index (χ1n) is 6.19. The lowest BCUT2D eigenvalue weighted by Crippen LogP contribution is -2.25. The van der Waals surface area contributed by atoms with Crippen molar-refractivity contribution in [2.75, 3.05) is 13.1 Å². The lowest BCUT2D eigenvalue weighted by molar-refractivity contribution is 0.159. The van der Waals surface area contributed by atoms with E-state index >= 15 is 0 Å². The SMILES string of the molecule is F[C@]1(Cc2ccccc2)CC2CNC[C@H]2C1. The van der Waals surface area contributed by atoms with Gasteiger partial charge in [0.15, 0.2) is 0 Å². The number of nitrogens with one attached hydrogen (secondary N) is 1. The molecule has 0 spiro atoms. The van der Waals surface area contributed by atoms with Gasteiger partial charge in [0.1, 0.15) is 5.67 Å². The second-order valence-electron chi connectivity index (χ2n) is 5.40. The number of hydrogen-bond acceptors (Lipinski definition) is 1. The number of hydrogen-bond donors (Lipinski definition) is 1. The molecule has 86 valence electrons. The van der Waals surface area contributed by atoms with Crippen LogP contribution in [0.5, 0.6) is 0 Å². The van der Waals surface area contributed by atoms with Crippen LogP contribution >= 0.6 is 0 Å². The second-order valence-corrected chi connectivity index (χ2v) is 5.40. The van der Waals surface area contributed by atoms with Gasteiger partial charge in [-0.1, -0.05) is 30.3 Å². The van der Waals surface area contributed by atoms with Crippen LogP contribution < -0.4 is 5.32 Å². The highest BCUT2D eigenvalue weighted by atomic mass is 19.1. The van der Waals surface area contributed by atoms with E-state index in [1.54, 1.807) is 0 Å². The molecule has 1 heterocycles. The summed E-state index contributed by atoms with van der Waals surface area (Å²) in [5, 5.41) is 3.36. The fourth-order valence-electron chi connectivity index (χ4n) is 3.39. The fourth-order valence-corrected chi connectivity index (χ4v) is 3.39. The van der Waals surface area contributed by atoms with E-state index in [1.165, 1.54) is 0 Å². The van der Waals surface area contributed by atoms with Gasteiger partial charge in [-0.2, -0.15) is 0 Å². The second kappa shape index (κ2) is 3.85. The van der Waals surface area contributed by atoms with Crippen LogP contribution in [0.4, 0.5) is 4.39 Å². The summed E-state index contributed by atoms with van der Waals surface area (Å²) in [7, 11) is 0. The lowest BCUT2D eigenvalue weighted by Gasteiger charge is -2.20. The Balaban J connectivity index is 1.71. The number of rotatable bonds is 2. The Morgan fingerprint density at radius 1 is 1.12 bits per heavy atom. The maximum atomic E-state index is 14.7. The van der Waals surface area contributed by atoms with Gasteiger partial charge in [-0.25, -0.2) is 4.39 Å². The molecule has 16 heavy (non-hydrogen) atoms. The van der Waals surface area contributed by atoms with Crippen molar-refractivity contribution in [1.82, 2.24) is 5.32 Å². The highest BCUT2D eigenvalue weighted by Gasteiger charge is 2.47. The van der Waals surface area contributed by atoms with Gasteiger partial charge in [-0.05, 0) is 43.3 Å². The summed E-state index contributed by atoms with van der Waals surface area (Å²) in [6.45, 7) is 2.04. The molecule has 2 fully saturated rings. The summed E-state index contributed by atoms with van der Waals surface area (Å²) in [4.78, 5) is 0. The first kappa shape index (κ1) is 10.3. The lowest BCUT2D eigenvalue weighted by atomic mass is 9.93. The van der Waals surface area contributed by atoms with E-state index in [0.717, 1.165) is 31.5 Å². The monoisotopic (exact) mass is 219 g/mol. The molecule has 2 aliphatic rings. The van der Waals surface area contributed by atoms with Gasteiger partial charge >= 0.3 is 0 Å². The molecule has 1 aromatic carbocycles. The zero-order valence-electron chi connectivity index (χ0n) is 9.45. The van der Waals surface area contributed by atoms with E-state index in [0.29, 0.717) is 18.3 Å². The van der Waals surface area contributed by atoms with Gasteiger partial charge < -0.3 is 5.32 Å². The molecule has 1 aliphatic carbocycles. The van der Waals surface area contributed by atoms with Crippen LogP contribution in [0.3, 0.4) is 0 Å². The summed E-state index contributed by atoms with van der Waals surface area (Å²) in [5.74, 6) is 1.16. The molecule has 1 N–H and O–H groups in total. The van der Waals surface area contributed by atoms with Crippen molar-refractivity contribution in [1.29, 1.82) is 0 Å². The minimum atomic E-state index is -0.946. The van der Waals surface area contributed by atoms with Crippen molar-refractivity contribution < 1.29 is 4.39 Å². The maximum Gasteiger partial charge on any atom is 0.115 e. The highest BCUT2D eigenvalue weighted by molar-refractivity contribution is 5.18. The Morgan fingerprint density at radius 2 is 1.75 bits per heavy atom. The third-order valence-corrected chi connectivity index (χ3v) is 4.10. The Kier molecular flexibility index (Phi) is 2.47. The minimum Gasteiger partial charge on any atom is -0.316 e. The smallest absolute Gasteiger partial charge is 0.115 e. The van der Waals surface area contributed by atoms with Crippen LogP contribution in [0.25, 0.3) is 0 Å². The Morgan fingerprint density at radius 3 is 2.38 bits per heavy atom. The minimum absolute atomic E-state index is 0.578. The van der Waals surface area contributed by atoms with Crippen molar-refractivity contribution in [2.45, 2.75) is 24.9 Å². The molecule has 1 saturated carbocycles. The quantitative estimate of drug-likeness (QED) is 0.806. The predicted molar refractivity (Wildman–Crippen MR) is 63.1 cm³/mol. The van der Waals surface area contributed by atoms with Crippen LogP contribution in [-0.4, -0.2) is 18.8 Å². The average molecular weight is 219 g/mol. The molecular formula is C14H18FN. The van der Waals surface area contributed by atoms with Crippen LogP contribution in [0.1, 0.15) is 18.4 Å². The van der Waals surface area contributed by atoms with E-state index in [-0.39, 0.29) is 0 Å². The Labute approximate surface area is 96.1 Å². The molecule has 1 nitrogen and oxygen atoms in total. The number of fused-ring (bicyclic) bond motifs is 1. The van der Waals surface area contributed by atoms with Gasteiger partial charge in [0, 0.05) is 6.42 Å². The molecular weight excluding hydrogens is 201 g/mol. The van der Waals surface area contributed by atoms with Crippen molar-refractivity contribution >= 4 is 0 Å². The van der Waals surface area contributed by atoms with Gasteiger partial charge in [0.05, 0.1) is 0 Å². The van der Waals surface area contributed by atoms with Gasteiger partial charge in [0.25, 0.3) is 0 Å². The normalized spacial score (nSPS) is 37.6. The molecule has 0 amide bonds. The van der Waals surface area contributed by atoms with Crippen LogP contribution in [0, 0.1) is 11.8 Å². The van der Waals surface area contributed by atoms with E-state index in [2.05, 4.69) is 5.32 Å². The van der Waals surface area contributed by atoms with Crippen molar-refractivity contribution in [3.8, 4) is 0 Å². The standard InChI is InChI=1S/C14H18FN/c15-14(6-11-4-2-1-3-5-11)7-12-9-16-10-13(12)8-14/h1-5,12-13,16H,6-10H2/t12-,13?,14+/m1/s1. The molecule has 1 aliphatic heterocycles. The molecule has 1 unspecified atom stereocenters. The zero-order valence-corrected chi connectivity index (χ0v) is 9.45. The molecule has 3 rings (SSSR count). The molecule has 0 aromatic heterocycles. The van der Waals surface area contributed by atoms with Crippen molar-refractivity contribution in [3.63, 3.8) is 0 Å². The number of halogens is 1. The molecule has 3 atom stereocenters. The number of benzene rings is 1. The highest BCUT2D eigenvalue weighted by Crippen LogP contribution is 2.45. The number of alkyl halides is 1. The van der Waals surface area contributed by atoms with E-state index in [4.69, 9.17) is 0 Å². The summed E-state index contributed by atoms with van der Waals surface area (Å²) < 4.78 is 14.7. The maximum absolute atomic E-state index is 14.7. The summed E-state index contributed by atoms with van der Waals surface area (Å²) in [6.07, 6.45) is 2.10. The third-order valence-electron chi connectivity index (χ3n) is 4.10. The van der Waals surface area contributed by atoms with Gasteiger partial charge in [-0.3, -0.25) is 0 Å². The first-order valence-corrected chi connectivity index (χ1v) is 6.19. The van der Waals surface area contributed by atoms with E-state index in [1.807, 2.05) is 30.3 Å². The molecule has 1 aromatic rings. The predicted octanol–water partition coefficient (Wildman–Crippen LogP) is 2.57. The summed E-state index contributed by atoms with van der Waals surface area (Å²) in [5.41, 5.74) is 0.191. The Hall–Kier alpha value is -0.890. The molecule has 2 heteroatoms. The average Bonchev–Trinajstić information content (AvgIpc) is 2.77. The third kappa shape index (κ3) is 1.86. The Bertz CT molecular complexity index is 350. The van der Waals surface area contributed by atoms with Crippen LogP contribution in [0.2, 0.25) is 0 Å². The van der Waals surface area contributed by atoms with Crippen LogP contribution in [-0.2, 0) is 6.42 Å². The van der Waals surface area contributed by atoms with Crippen molar-refractivity contribution in [2.24, 2.45) is 11.8 Å². The molecule has 0 bridgehead atoms. The summed E-state index contributed by atoms with van der Waals surface area (Å²) >= 11 is 0. The molecule has 1 saturated heterocycles. The van der Waals surface area contributed by atoms with Crippen molar-refractivity contribution in [3.05, 3.63) is 35.9 Å². The molecule has 0 radical (unpaired) electrons. The fraction of sp³-hybridized carbons (Fsp3) is 0.571. The summed E-state index contributed by atoms with van der Waals surface area (Å²) in [6, 6.07) is 10.1. The largest absolute Gasteiger partial charge is 0.316 e. The first-order chi connectivity index (χ1) is 7.75. The van der Waals surface area contributed by atoms with E-state index in [9.17, 15) is 4.39 Å². The zero-order chi connectivity index (χ0) is 11.0.